The van der Waals surface area contributed by atoms with Crippen LogP contribution < -0.4 is 11.1 Å². The van der Waals surface area contributed by atoms with Crippen molar-refractivity contribution in [3.63, 3.8) is 0 Å². The Morgan fingerprint density at radius 2 is 1.92 bits per heavy atom. The van der Waals surface area contributed by atoms with E-state index >= 15 is 0 Å². The number of para-hydroxylation sites is 1. The maximum Gasteiger partial charge on any atom is 0.286 e. The molecule has 7 heteroatoms. The summed E-state index contributed by atoms with van der Waals surface area (Å²) in [6, 6.07) is 12.5. The van der Waals surface area contributed by atoms with Gasteiger partial charge in [-0.1, -0.05) is 18.2 Å². The molecule has 0 saturated carbocycles. The van der Waals surface area contributed by atoms with Crippen LogP contribution in [0.2, 0.25) is 0 Å². The minimum absolute atomic E-state index is 0.0429. The van der Waals surface area contributed by atoms with Gasteiger partial charge >= 0.3 is 0 Å². The van der Waals surface area contributed by atoms with Gasteiger partial charge in [0.1, 0.15) is 17.1 Å². The minimum Gasteiger partial charge on any atom is -0.449 e. The number of nitrogens with two attached hydrogens (primary N) is 1. The lowest BCUT2D eigenvalue weighted by molar-refractivity contribution is 0.0977. The van der Waals surface area contributed by atoms with Gasteiger partial charge in [-0.3, -0.25) is 14.6 Å². The number of hydrogen-bond acceptors (Lipinski definition) is 4. The number of carbonyl (C=O) groups excluding carboxylic acids is 2. The van der Waals surface area contributed by atoms with Crippen LogP contribution in [0, 0.1) is 5.82 Å². The molecule has 0 bridgehead atoms. The summed E-state index contributed by atoms with van der Waals surface area (Å²) in [7, 11) is 0. The largest absolute Gasteiger partial charge is 0.449 e. The second kappa shape index (κ2) is 5.96. The molecule has 0 fully saturated rings. The summed E-state index contributed by atoms with van der Waals surface area (Å²) in [5, 5.41) is 3.62. The Morgan fingerprint density at radius 3 is 2.73 bits per heavy atom. The van der Waals surface area contributed by atoms with E-state index in [2.05, 4.69) is 10.3 Å². The molecule has 2 heterocycles. The molecule has 0 aliphatic carbocycles. The Kier molecular flexibility index (Phi) is 3.62. The second-order valence-corrected chi connectivity index (χ2v) is 5.65. The van der Waals surface area contributed by atoms with Gasteiger partial charge in [-0.2, -0.15) is 0 Å². The van der Waals surface area contributed by atoms with Gasteiger partial charge in [0, 0.05) is 17.0 Å². The summed E-state index contributed by atoms with van der Waals surface area (Å²) in [6.45, 7) is 0. The van der Waals surface area contributed by atoms with E-state index in [0.29, 0.717) is 21.9 Å². The first-order valence-electron chi connectivity index (χ1n) is 7.71. The number of benzene rings is 2. The Bertz CT molecular complexity index is 1180. The first-order valence-corrected chi connectivity index (χ1v) is 7.71. The van der Waals surface area contributed by atoms with E-state index in [1.54, 1.807) is 36.4 Å². The Balaban J connectivity index is 1.84. The number of amides is 2. The van der Waals surface area contributed by atoms with Crippen LogP contribution in [-0.4, -0.2) is 16.8 Å². The van der Waals surface area contributed by atoms with Crippen LogP contribution in [0.1, 0.15) is 20.9 Å². The number of fused-ring (bicyclic) bond motifs is 2. The van der Waals surface area contributed by atoms with Crippen LogP contribution in [0.15, 0.2) is 59.1 Å². The van der Waals surface area contributed by atoms with Crippen LogP contribution in [0.4, 0.5) is 10.1 Å². The molecule has 6 nitrogen and oxygen atoms in total. The van der Waals surface area contributed by atoms with Crippen LogP contribution in [-0.2, 0) is 0 Å². The Labute approximate surface area is 146 Å². The van der Waals surface area contributed by atoms with Gasteiger partial charge < -0.3 is 15.5 Å². The van der Waals surface area contributed by atoms with E-state index in [0.717, 1.165) is 6.07 Å². The fraction of sp³-hybridized carbons (Fsp3) is 0. The fourth-order valence-corrected chi connectivity index (χ4v) is 2.85. The van der Waals surface area contributed by atoms with Gasteiger partial charge in [-0.15, -0.1) is 0 Å². The van der Waals surface area contributed by atoms with Crippen molar-refractivity contribution in [3.05, 3.63) is 71.9 Å². The monoisotopic (exact) mass is 349 g/mol. The standard InChI is InChI=1S/C19H12FN3O3/c20-11-8-10-4-3-7-22-15(10)13(9-11)19(25)23-16-12-5-1-2-6-14(12)26-17(16)18(21)24/h1-9H,(H2,21,24)(H,23,25). The van der Waals surface area contributed by atoms with E-state index in [-0.39, 0.29) is 17.0 Å². The van der Waals surface area contributed by atoms with E-state index in [1.165, 1.54) is 12.3 Å². The van der Waals surface area contributed by atoms with Gasteiger partial charge in [0.25, 0.3) is 11.8 Å². The number of nitrogens with zero attached hydrogens (tertiary/aromatic N) is 1. The molecular formula is C19H12FN3O3. The van der Waals surface area contributed by atoms with Crippen molar-refractivity contribution in [2.45, 2.75) is 0 Å². The normalized spacial score (nSPS) is 11.0. The van der Waals surface area contributed by atoms with Crippen LogP contribution in [0.5, 0.6) is 0 Å². The van der Waals surface area contributed by atoms with Gasteiger partial charge in [-0.05, 0) is 30.3 Å². The predicted molar refractivity (Wildman–Crippen MR) is 94.4 cm³/mol. The number of halogens is 1. The molecule has 2 amide bonds. The molecule has 0 aliphatic rings. The molecule has 0 spiro atoms. The van der Waals surface area contributed by atoms with Gasteiger partial charge in [0.05, 0.1) is 11.1 Å². The Hall–Kier alpha value is -3.74. The van der Waals surface area contributed by atoms with E-state index in [9.17, 15) is 14.0 Å². The van der Waals surface area contributed by atoms with Crippen LogP contribution >= 0.6 is 0 Å². The zero-order valence-electron chi connectivity index (χ0n) is 13.3. The van der Waals surface area contributed by atoms with Gasteiger partial charge in [0.2, 0.25) is 5.76 Å². The molecule has 0 atom stereocenters. The average Bonchev–Trinajstić information content (AvgIpc) is 3.00. The van der Waals surface area contributed by atoms with Crippen molar-refractivity contribution in [1.82, 2.24) is 4.98 Å². The highest BCUT2D eigenvalue weighted by atomic mass is 19.1. The zero-order valence-corrected chi connectivity index (χ0v) is 13.3. The molecular weight excluding hydrogens is 337 g/mol. The molecule has 0 unspecified atom stereocenters. The zero-order chi connectivity index (χ0) is 18.3. The number of rotatable bonds is 3. The number of primary amides is 1. The number of carbonyl (C=O) groups is 2. The first-order chi connectivity index (χ1) is 12.5. The van der Waals surface area contributed by atoms with E-state index < -0.39 is 17.6 Å². The topological polar surface area (TPSA) is 98.2 Å². The van der Waals surface area contributed by atoms with Crippen molar-refractivity contribution >= 4 is 39.4 Å². The maximum absolute atomic E-state index is 13.9. The number of hydrogen-bond donors (Lipinski definition) is 2. The molecule has 2 aromatic heterocycles. The number of aromatic nitrogens is 1. The van der Waals surface area contributed by atoms with Gasteiger partial charge in [0.15, 0.2) is 0 Å². The Morgan fingerprint density at radius 1 is 1.12 bits per heavy atom. The molecule has 0 aliphatic heterocycles. The summed E-state index contributed by atoms with van der Waals surface area (Å²) in [5.74, 6) is -2.18. The molecule has 0 radical (unpaired) electrons. The summed E-state index contributed by atoms with van der Waals surface area (Å²) in [5.41, 5.74) is 6.29. The van der Waals surface area contributed by atoms with Crippen molar-refractivity contribution in [2.24, 2.45) is 5.73 Å². The SMILES string of the molecule is NC(=O)c1oc2ccccc2c1NC(=O)c1cc(F)cc2cccnc12. The van der Waals surface area contributed by atoms with Crippen molar-refractivity contribution in [1.29, 1.82) is 0 Å². The number of pyridine rings is 1. The smallest absolute Gasteiger partial charge is 0.286 e. The number of furan rings is 1. The molecule has 128 valence electrons. The molecule has 0 saturated heterocycles. The predicted octanol–water partition coefficient (Wildman–Crippen LogP) is 3.47. The summed E-state index contributed by atoms with van der Waals surface area (Å²) in [4.78, 5) is 28.6. The lowest BCUT2D eigenvalue weighted by atomic mass is 10.1. The molecule has 4 rings (SSSR count). The van der Waals surface area contributed by atoms with E-state index in [4.69, 9.17) is 10.2 Å². The van der Waals surface area contributed by atoms with E-state index in [1.807, 2.05) is 0 Å². The third kappa shape index (κ3) is 2.55. The molecule has 3 N–H and O–H groups in total. The van der Waals surface area contributed by atoms with Crippen molar-refractivity contribution in [2.75, 3.05) is 5.32 Å². The summed E-state index contributed by atoms with van der Waals surface area (Å²) >= 11 is 0. The third-order valence-corrected chi connectivity index (χ3v) is 3.97. The van der Waals surface area contributed by atoms with Crippen LogP contribution in [0.25, 0.3) is 21.9 Å². The number of anilines is 1. The molecule has 26 heavy (non-hydrogen) atoms. The third-order valence-electron chi connectivity index (χ3n) is 3.97. The lowest BCUT2D eigenvalue weighted by Gasteiger charge is -2.08. The maximum atomic E-state index is 13.9. The lowest BCUT2D eigenvalue weighted by Crippen LogP contribution is -2.17. The first kappa shape index (κ1) is 15.8. The summed E-state index contributed by atoms with van der Waals surface area (Å²) < 4.78 is 19.3. The second-order valence-electron chi connectivity index (χ2n) is 5.65. The molecule has 2 aromatic carbocycles. The molecule has 4 aromatic rings. The quantitative estimate of drug-likeness (QED) is 0.592. The highest BCUT2D eigenvalue weighted by molar-refractivity contribution is 6.17. The minimum atomic E-state index is -0.821. The fourth-order valence-electron chi connectivity index (χ4n) is 2.85. The van der Waals surface area contributed by atoms with Gasteiger partial charge in [-0.25, -0.2) is 4.39 Å². The summed E-state index contributed by atoms with van der Waals surface area (Å²) in [6.07, 6.45) is 1.51. The van der Waals surface area contributed by atoms with Crippen molar-refractivity contribution in [3.8, 4) is 0 Å². The number of nitrogens with one attached hydrogen (secondary N) is 1. The van der Waals surface area contributed by atoms with Crippen LogP contribution in [0.3, 0.4) is 0 Å². The highest BCUT2D eigenvalue weighted by Gasteiger charge is 2.22. The highest BCUT2D eigenvalue weighted by Crippen LogP contribution is 2.31. The van der Waals surface area contributed by atoms with Crippen molar-refractivity contribution < 1.29 is 18.4 Å². The average molecular weight is 349 g/mol.